The zero-order valence-corrected chi connectivity index (χ0v) is 14.4. The second kappa shape index (κ2) is 5.92. The molecule has 0 spiro atoms. The van der Waals surface area contributed by atoms with Crippen LogP contribution >= 0.6 is 0 Å². The molecule has 1 aliphatic rings. The van der Waals surface area contributed by atoms with Gasteiger partial charge in [0.2, 0.25) is 0 Å². The highest BCUT2D eigenvalue weighted by molar-refractivity contribution is 5.70. The molecule has 0 aromatic carbocycles. The van der Waals surface area contributed by atoms with Crippen LogP contribution in [-0.2, 0) is 17.7 Å². The number of hydrogen-bond acceptors (Lipinski definition) is 5. The van der Waals surface area contributed by atoms with Gasteiger partial charge in [-0.1, -0.05) is 5.16 Å². The molecule has 0 bridgehead atoms. The van der Waals surface area contributed by atoms with Gasteiger partial charge in [0.1, 0.15) is 11.4 Å². The molecular formula is C18H23N3O3. The van der Waals surface area contributed by atoms with E-state index in [1.165, 1.54) is 0 Å². The van der Waals surface area contributed by atoms with Crippen molar-refractivity contribution >= 4 is 6.09 Å². The smallest absolute Gasteiger partial charge is 0.410 e. The Morgan fingerprint density at radius 2 is 2.17 bits per heavy atom. The Hall–Kier alpha value is -2.37. The number of amides is 1. The van der Waals surface area contributed by atoms with Crippen LogP contribution in [0.5, 0.6) is 0 Å². The third kappa shape index (κ3) is 3.27. The summed E-state index contributed by atoms with van der Waals surface area (Å²) in [6, 6.07) is 1.57. The highest BCUT2D eigenvalue weighted by Crippen LogP contribution is 2.29. The van der Waals surface area contributed by atoms with Crippen LogP contribution in [0, 0.1) is 13.8 Å². The maximum atomic E-state index is 12.7. The third-order valence-electron chi connectivity index (χ3n) is 3.51. The summed E-state index contributed by atoms with van der Waals surface area (Å²) in [7, 11) is 0. The van der Waals surface area contributed by atoms with Crippen LogP contribution in [-0.4, -0.2) is 33.2 Å². The summed E-state index contributed by atoms with van der Waals surface area (Å²) in [5, 5.41) is 3.91. The van der Waals surface area contributed by atoms with Crippen molar-refractivity contribution in [3.63, 3.8) is 0 Å². The SMILES string of the molecule is [2H]C1([2H])Cc2ncc(-c3c(C)noc3C)cc2C([2H])([2H])N1C(=O)OC(C)(C)C. The number of ether oxygens (including phenoxy) is 1. The van der Waals surface area contributed by atoms with Gasteiger partial charge >= 0.3 is 6.09 Å². The summed E-state index contributed by atoms with van der Waals surface area (Å²) in [6.07, 6.45) is 0.236. The molecule has 1 amide bonds. The topological polar surface area (TPSA) is 68.5 Å². The number of fused-ring (bicyclic) bond motifs is 1. The fraction of sp³-hybridized carbons (Fsp3) is 0.500. The van der Waals surface area contributed by atoms with Crippen LogP contribution < -0.4 is 0 Å². The minimum atomic E-state index is -2.46. The van der Waals surface area contributed by atoms with Crippen molar-refractivity contribution in [3.8, 4) is 11.1 Å². The Labute approximate surface area is 147 Å². The van der Waals surface area contributed by atoms with E-state index in [2.05, 4.69) is 10.1 Å². The molecule has 24 heavy (non-hydrogen) atoms. The average Bonchev–Trinajstić information content (AvgIpc) is 2.83. The van der Waals surface area contributed by atoms with Gasteiger partial charge in [-0.15, -0.1) is 0 Å². The number of pyridine rings is 1. The Kier molecular flexibility index (Phi) is 2.98. The largest absolute Gasteiger partial charge is 0.444 e. The normalized spacial score (nSPS) is 21.1. The lowest BCUT2D eigenvalue weighted by Gasteiger charge is -2.31. The molecule has 6 heteroatoms. The Balaban J connectivity index is 2.12. The molecule has 0 unspecified atom stereocenters. The predicted molar refractivity (Wildman–Crippen MR) is 89.6 cm³/mol. The lowest BCUT2D eigenvalue weighted by molar-refractivity contribution is 0.0223. The molecule has 0 fully saturated rings. The molecule has 2 aromatic heterocycles. The maximum Gasteiger partial charge on any atom is 0.410 e. The first-order valence-corrected chi connectivity index (χ1v) is 7.70. The summed E-state index contributed by atoms with van der Waals surface area (Å²) in [4.78, 5) is 17.5. The molecule has 0 saturated carbocycles. The van der Waals surface area contributed by atoms with E-state index in [4.69, 9.17) is 14.7 Å². The van der Waals surface area contributed by atoms with Crippen molar-refractivity contribution in [3.05, 3.63) is 35.0 Å². The third-order valence-corrected chi connectivity index (χ3v) is 3.51. The van der Waals surface area contributed by atoms with Crippen molar-refractivity contribution in [2.75, 3.05) is 6.50 Å². The molecule has 3 rings (SSSR count). The molecule has 2 aromatic rings. The Bertz CT molecular complexity index is 915. The number of aryl methyl sites for hydroxylation is 3. The lowest BCUT2D eigenvalue weighted by Crippen LogP contribution is -2.40. The molecule has 0 atom stereocenters. The molecule has 0 aliphatic carbocycles. The van der Waals surface area contributed by atoms with Gasteiger partial charge in [-0.2, -0.15) is 0 Å². The van der Waals surface area contributed by atoms with Gasteiger partial charge in [0, 0.05) is 38.7 Å². The van der Waals surface area contributed by atoms with Gasteiger partial charge in [0.05, 0.1) is 14.9 Å². The number of hydrogen-bond donors (Lipinski definition) is 0. The summed E-state index contributed by atoms with van der Waals surface area (Å²) < 4.78 is 44.1. The highest BCUT2D eigenvalue weighted by atomic mass is 16.6. The zero-order valence-electron chi connectivity index (χ0n) is 18.4. The molecule has 1 aliphatic heterocycles. The van der Waals surface area contributed by atoms with Crippen molar-refractivity contribution in [2.45, 2.75) is 53.1 Å². The zero-order chi connectivity index (χ0) is 21.1. The van der Waals surface area contributed by atoms with Crippen LogP contribution in [0.25, 0.3) is 11.1 Å². The van der Waals surface area contributed by atoms with E-state index in [-0.39, 0.29) is 17.7 Å². The van der Waals surface area contributed by atoms with E-state index in [1.54, 1.807) is 46.9 Å². The number of nitrogens with zero attached hydrogens (tertiary/aromatic N) is 3. The van der Waals surface area contributed by atoms with Gasteiger partial charge in [0.25, 0.3) is 0 Å². The lowest BCUT2D eigenvalue weighted by atomic mass is 9.99. The van der Waals surface area contributed by atoms with Crippen LogP contribution in [0.2, 0.25) is 0 Å². The summed E-state index contributed by atoms with van der Waals surface area (Å²) >= 11 is 0. The Morgan fingerprint density at radius 3 is 2.79 bits per heavy atom. The van der Waals surface area contributed by atoms with Gasteiger partial charge in [-0.3, -0.25) is 4.98 Å². The van der Waals surface area contributed by atoms with Crippen LogP contribution in [0.3, 0.4) is 0 Å². The van der Waals surface area contributed by atoms with E-state index >= 15 is 0 Å². The van der Waals surface area contributed by atoms with Gasteiger partial charge < -0.3 is 14.2 Å². The van der Waals surface area contributed by atoms with Crippen molar-refractivity contribution in [2.24, 2.45) is 0 Å². The van der Waals surface area contributed by atoms with Crippen molar-refractivity contribution < 1.29 is 19.5 Å². The van der Waals surface area contributed by atoms with E-state index in [0.29, 0.717) is 27.5 Å². The van der Waals surface area contributed by atoms with Crippen LogP contribution in [0.15, 0.2) is 16.8 Å². The molecule has 6 nitrogen and oxygen atoms in total. The fourth-order valence-corrected chi connectivity index (χ4v) is 2.49. The van der Waals surface area contributed by atoms with Crippen LogP contribution in [0.1, 0.15) is 49.0 Å². The first-order valence-electron chi connectivity index (χ1n) is 9.70. The molecule has 3 heterocycles. The standard InChI is InChI=1S/C18H23N3O3/c1-11-16(12(2)24-20-11)13-8-14-10-21(7-6-15(14)19-9-13)17(22)23-18(3,4)5/h8-9H,6-7,10H2,1-5H3/i7D2,10D2. The second-order valence-corrected chi connectivity index (χ2v) is 6.68. The van der Waals surface area contributed by atoms with E-state index in [9.17, 15) is 4.79 Å². The van der Waals surface area contributed by atoms with Crippen molar-refractivity contribution in [1.82, 2.24) is 15.0 Å². The van der Waals surface area contributed by atoms with E-state index in [1.807, 2.05) is 0 Å². The van der Waals surface area contributed by atoms with E-state index in [0.717, 1.165) is 0 Å². The number of rotatable bonds is 1. The Morgan fingerprint density at radius 1 is 1.42 bits per heavy atom. The monoisotopic (exact) mass is 333 g/mol. The number of carbonyl (C=O) groups is 1. The van der Waals surface area contributed by atoms with Gasteiger partial charge in [-0.05, 0) is 46.2 Å². The van der Waals surface area contributed by atoms with Gasteiger partial charge in [0.15, 0.2) is 0 Å². The summed E-state index contributed by atoms with van der Waals surface area (Å²) in [5.41, 5.74) is 1.40. The first-order chi connectivity index (χ1) is 12.7. The first kappa shape index (κ1) is 12.1. The quantitative estimate of drug-likeness (QED) is 0.797. The summed E-state index contributed by atoms with van der Waals surface area (Å²) in [5.74, 6) is 0.565. The molecule has 0 saturated heterocycles. The molecule has 128 valence electrons. The average molecular weight is 333 g/mol. The van der Waals surface area contributed by atoms with Crippen molar-refractivity contribution in [1.29, 1.82) is 0 Å². The predicted octanol–water partition coefficient (Wildman–Crippen LogP) is 3.65. The maximum absolute atomic E-state index is 12.7. The second-order valence-electron chi connectivity index (χ2n) is 6.68. The summed E-state index contributed by atoms with van der Waals surface area (Å²) in [6.45, 7) is 3.69. The molecule has 0 radical (unpaired) electrons. The number of aromatic nitrogens is 2. The van der Waals surface area contributed by atoms with Crippen LogP contribution in [0.4, 0.5) is 4.79 Å². The fourth-order valence-electron chi connectivity index (χ4n) is 2.49. The molecule has 0 N–H and O–H groups in total. The minimum absolute atomic E-state index is 0.117. The van der Waals surface area contributed by atoms with E-state index < -0.39 is 24.7 Å². The highest BCUT2D eigenvalue weighted by Gasteiger charge is 2.26. The van der Waals surface area contributed by atoms with Gasteiger partial charge in [-0.25, -0.2) is 4.79 Å². The minimum Gasteiger partial charge on any atom is -0.444 e. The number of carbonyl (C=O) groups excluding carboxylic acids is 1. The molecular weight excluding hydrogens is 306 g/mol.